The van der Waals surface area contributed by atoms with Crippen LogP contribution in [-0.2, 0) is 0 Å². The topological polar surface area (TPSA) is 29.6 Å². The highest BCUT2D eigenvalue weighted by Gasteiger charge is 2.26. The van der Waals surface area contributed by atoms with Crippen molar-refractivity contribution in [2.24, 2.45) is 0 Å². The van der Waals surface area contributed by atoms with Crippen LogP contribution >= 0.6 is 0 Å². The van der Waals surface area contributed by atoms with Gasteiger partial charge in [-0.2, -0.15) is 0 Å². The molecule has 0 aliphatic rings. The van der Waals surface area contributed by atoms with Crippen LogP contribution in [0.5, 0.6) is 0 Å². The Morgan fingerprint density at radius 2 is 0.312 bits per heavy atom. The highest BCUT2D eigenvalue weighted by atomic mass is 15.0. The van der Waals surface area contributed by atoms with Crippen LogP contribution in [-0.4, -0.2) is 27.4 Å². The van der Waals surface area contributed by atoms with E-state index in [1.165, 1.54) is 257 Å². The first-order valence-electron chi connectivity index (χ1n) is 49.7. The van der Waals surface area contributed by atoms with Gasteiger partial charge in [0.25, 0.3) is 0 Å². The molecule has 0 saturated heterocycles. The predicted octanol–water partition coefficient (Wildman–Crippen LogP) is 37.2. The van der Waals surface area contributed by atoms with E-state index in [1.54, 1.807) is 0 Å². The Labute approximate surface area is 829 Å². The minimum Gasteiger partial charge on any atom is -0.309 e. The molecule has 0 unspecified atom stereocenters. The lowest BCUT2D eigenvalue weighted by Crippen LogP contribution is -1.97. The summed E-state index contributed by atoms with van der Waals surface area (Å²) >= 11 is 0. The van der Waals surface area contributed by atoms with Crippen molar-refractivity contribution in [3.63, 3.8) is 0 Å². The number of para-hydroxylation sites is 9. The van der Waals surface area contributed by atoms with Gasteiger partial charge in [0, 0.05) is 81.7 Å². The van der Waals surface area contributed by atoms with Gasteiger partial charge < -0.3 is 27.4 Å². The molecule has 0 spiro atoms. The standard InChI is InChI=1S/C50H32N2.C48H30N2.C40H26N2/c1-3-14-35-28-37(26-24-33(35)12-1)39-30-40(38-27-25-34-13-2-4-15-36(34)29-38)32-41(31-39)51-47-21-10-7-18-44(47)50-48(51)22-11-23-49(50)52-45-19-8-5-16-42(45)43-17-6-9-20-46(43)52;1-2-17-36-34(15-1)35-16-3-4-18-37(35)42-30-32(27-28-38(36)42)31-13-11-14-33(29-31)49-45-24-10-7-21-41(45)48-46(49)25-12-26-47(48)50-43-22-8-5-19-39(43)40-20-6-9-23-44(40)50;1-2-12-28-25-30(24-23-27(28)11-1)29-13-9-14-31(26-29)41-37-20-8-5-17-34(37)40-38(41)21-10-22-39(40)42-35-18-6-3-15-32(35)33-16-4-7-19-36(33)42/h1-32H;1-30H;1-26H. The second-order valence-electron chi connectivity index (χ2n) is 38.1. The molecule has 6 nitrogen and oxygen atoms in total. The van der Waals surface area contributed by atoms with Gasteiger partial charge in [0.1, 0.15) is 0 Å². The molecule has 31 aromatic rings. The first-order valence-corrected chi connectivity index (χ1v) is 49.7. The normalized spacial score (nSPS) is 11.9. The molecule has 0 atom stereocenters. The fourth-order valence-corrected chi connectivity index (χ4v) is 23.9. The number of hydrogen-bond acceptors (Lipinski definition) is 0. The largest absolute Gasteiger partial charge is 0.309 e. The molecule has 144 heavy (non-hydrogen) atoms. The summed E-state index contributed by atoms with van der Waals surface area (Å²) in [6.45, 7) is 0. The number of fused-ring (bicyclic) bond motifs is 27. The predicted molar refractivity (Wildman–Crippen MR) is 612 cm³/mol. The minimum atomic E-state index is 1.14. The summed E-state index contributed by atoms with van der Waals surface area (Å²) in [6.07, 6.45) is 0. The van der Waals surface area contributed by atoms with Crippen molar-refractivity contribution in [3.05, 3.63) is 534 Å². The summed E-state index contributed by atoms with van der Waals surface area (Å²) in [4.78, 5) is 0. The third kappa shape index (κ3) is 13.1. The van der Waals surface area contributed by atoms with E-state index in [1.807, 2.05) is 0 Å². The maximum Gasteiger partial charge on any atom is 0.0562 e. The molecule has 31 rings (SSSR count). The average molecular weight is 1830 g/mol. The first kappa shape index (κ1) is 82.0. The van der Waals surface area contributed by atoms with E-state index in [0.717, 1.165) is 17.1 Å². The van der Waals surface area contributed by atoms with E-state index in [0.29, 0.717) is 0 Å². The maximum absolute atomic E-state index is 2.47. The van der Waals surface area contributed by atoms with E-state index >= 15 is 0 Å². The lowest BCUT2D eigenvalue weighted by molar-refractivity contribution is 1.17. The quantitative estimate of drug-likeness (QED) is 0.122. The number of benzene rings is 25. The molecule has 25 aromatic carbocycles. The Morgan fingerprint density at radius 1 is 0.0972 bits per heavy atom. The molecule has 0 saturated carbocycles. The maximum atomic E-state index is 2.47. The van der Waals surface area contributed by atoms with Gasteiger partial charge in [-0.15, -0.1) is 0 Å². The molecular formula is C138H88N6. The summed E-state index contributed by atoms with van der Waals surface area (Å²) in [6, 6.07) is 195. The van der Waals surface area contributed by atoms with Crippen LogP contribution in [0.2, 0.25) is 0 Å². The molecule has 0 N–H and O–H groups in total. The van der Waals surface area contributed by atoms with Crippen LogP contribution in [0.15, 0.2) is 534 Å². The molecule has 0 aliphatic heterocycles. The molecule has 6 heteroatoms. The summed E-state index contributed by atoms with van der Waals surface area (Å²) in [5.41, 5.74) is 31.1. The Balaban J connectivity index is 0.000000103. The molecule has 670 valence electrons. The van der Waals surface area contributed by atoms with Crippen molar-refractivity contribution in [1.29, 1.82) is 0 Å². The second kappa shape index (κ2) is 33.3. The van der Waals surface area contributed by atoms with E-state index in [9.17, 15) is 0 Å². The van der Waals surface area contributed by atoms with Crippen LogP contribution < -0.4 is 0 Å². The molecule has 0 fully saturated rings. The Bertz CT molecular complexity index is 10400. The first-order chi connectivity index (χ1) is 71.5. The van der Waals surface area contributed by atoms with Crippen LogP contribution in [0.3, 0.4) is 0 Å². The zero-order chi connectivity index (χ0) is 94.6. The van der Waals surface area contributed by atoms with Gasteiger partial charge in [-0.05, 0) is 267 Å². The summed E-state index contributed by atoms with van der Waals surface area (Å²) in [5, 5.41) is 30.4. The van der Waals surface area contributed by atoms with Crippen molar-refractivity contribution >= 4 is 195 Å². The van der Waals surface area contributed by atoms with Gasteiger partial charge in [0.15, 0.2) is 0 Å². The van der Waals surface area contributed by atoms with E-state index < -0.39 is 0 Å². The number of hydrogen-bond donors (Lipinski definition) is 0. The van der Waals surface area contributed by atoms with Gasteiger partial charge in [-0.25, -0.2) is 0 Å². The van der Waals surface area contributed by atoms with E-state index in [2.05, 4.69) is 561 Å². The van der Waals surface area contributed by atoms with Crippen molar-refractivity contribution in [3.8, 4) is 78.6 Å². The zero-order valence-electron chi connectivity index (χ0n) is 78.5. The lowest BCUT2D eigenvalue weighted by Gasteiger charge is -2.15. The monoisotopic (exact) mass is 1830 g/mol. The van der Waals surface area contributed by atoms with Crippen LogP contribution in [0.4, 0.5) is 0 Å². The van der Waals surface area contributed by atoms with Gasteiger partial charge in [-0.1, -0.05) is 376 Å². The summed E-state index contributed by atoms with van der Waals surface area (Å²) < 4.78 is 14.7. The van der Waals surface area contributed by atoms with Gasteiger partial charge in [0.05, 0.1) is 83.3 Å². The molecule has 6 aromatic heterocycles. The number of rotatable bonds is 10. The highest BCUT2D eigenvalue weighted by molar-refractivity contribution is 6.27. The summed E-state index contributed by atoms with van der Waals surface area (Å²) in [5.74, 6) is 0. The van der Waals surface area contributed by atoms with Gasteiger partial charge in [0.2, 0.25) is 0 Å². The second-order valence-corrected chi connectivity index (χ2v) is 38.1. The van der Waals surface area contributed by atoms with Gasteiger partial charge >= 0.3 is 0 Å². The molecule has 6 heterocycles. The minimum absolute atomic E-state index is 1.14. The van der Waals surface area contributed by atoms with Crippen molar-refractivity contribution in [2.45, 2.75) is 0 Å². The average Bonchev–Trinajstić information content (AvgIpc) is 1.56. The molecule has 0 bridgehead atoms. The van der Waals surface area contributed by atoms with Crippen molar-refractivity contribution in [1.82, 2.24) is 27.4 Å². The Kier molecular flexibility index (Phi) is 19.0. The highest BCUT2D eigenvalue weighted by Crippen LogP contribution is 2.48. The molecule has 0 aliphatic carbocycles. The number of nitrogens with zero attached hydrogens (tertiary/aromatic N) is 6. The van der Waals surface area contributed by atoms with Gasteiger partial charge in [-0.3, -0.25) is 0 Å². The van der Waals surface area contributed by atoms with Crippen LogP contribution in [0.1, 0.15) is 0 Å². The third-order valence-corrected chi connectivity index (χ3v) is 30.2. The number of aromatic nitrogens is 6. The third-order valence-electron chi connectivity index (χ3n) is 30.2. The van der Waals surface area contributed by atoms with E-state index in [4.69, 9.17) is 0 Å². The molecule has 0 amide bonds. The van der Waals surface area contributed by atoms with Crippen molar-refractivity contribution in [2.75, 3.05) is 0 Å². The van der Waals surface area contributed by atoms with E-state index in [-0.39, 0.29) is 0 Å². The molecule has 0 radical (unpaired) electrons. The fourth-order valence-electron chi connectivity index (χ4n) is 23.9. The SMILES string of the molecule is c1cc(-c2ccc3c4ccccc4c4ccccc4c3c2)cc(-n2c3ccccc3c3c(-n4c5ccccc5c5ccccc54)cccc32)c1.c1cc(-c2ccc3ccccc3c2)cc(-n2c3ccccc3c3c(-n4c5ccccc5c5ccccc54)cccc32)c1.c1ccc2cc(-c3cc(-c4ccc5ccccc5c4)cc(-n4c5ccccc5c5c(-n6c7ccccc7c7ccccc76)cccc54)c3)ccc2c1. The Hall–Kier alpha value is -19.1. The van der Waals surface area contributed by atoms with Crippen molar-refractivity contribution < 1.29 is 0 Å². The lowest BCUT2D eigenvalue weighted by atomic mass is 9.92. The fraction of sp³-hybridized carbons (Fsp3) is 0. The van der Waals surface area contributed by atoms with Crippen LogP contribution in [0.25, 0.3) is 274 Å². The molecular weight excluding hydrogens is 1740 g/mol. The smallest absolute Gasteiger partial charge is 0.0562 e. The summed E-state index contributed by atoms with van der Waals surface area (Å²) in [7, 11) is 0. The Morgan fingerprint density at radius 3 is 0.639 bits per heavy atom. The zero-order valence-corrected chi connectivity index (χ0v) is 78.5. The van der Waals surface area contributed by atoms with Crippen LogP contribution in [0, 0.1) is 0 Å².